The molecule has 0 atom stereocenters. The first kappa shape index (κ1) is 18.3. The molecular formula is C22H14N4O2S. The van der Waals surface area contributed by atoms with Crippen molar-refractivity contribution in [3.63, 3.8) is 0 Å². The fourth-order valence-electron chi connectivity index (χ4n) is 2.89. The molecule has 0 fully saturated rings. The van der Waals surface area contributed by atoms with E-state index in [1.54, 1.807) is 23.7 Å². The zero-order chi connectivity index (χ0) is 20.2. The van der Waals surface area contributed by atoms with Crippen molar-refractivity contribution < 1.29 is 4.92 Å². The van der Waals surface area contributed by atoms with E-state index in [0.717, 1.165) is 16.5 Å². The Morgan fingerprint density at radius 1 is 1.10 bits per heavy atom. The molecule has 0 radical (unpaired) electrons. The van der Waals surface area contributed by atoms with Crippen LogP contribution in [0.2, 0.25) is 0 Å². The van der Waals surface area contributed by atoms with Crippen LogP contribution in [0.4, 0.5) is 11.4 Å². The van der Waals surface area contributed by atoms with E-state index in [1.807, 2.05) is 42.5 Å². The van der Waals surface area contributed by atoms with E-state index in [4.69, 9.17) is 0 Å². The van der Waals surface area contributed by atoms with Gasteiger partial charge in [-0.25, -0.2) is 4.98 Å². The van der Waals surface area contributed by atoms with Crippen molar-refractivity contribution in [2.75, 3.05) is 5.32 Å². The molecule has 4 aromatic rings. The summed E-state index contributed by atoms with van der Waals surface area (Å²) in [6.45, 7) is 0. The number of nitriles is 1. The molecule has 0 saturated carbocycles. The van der Waals surface area contributed by atoms with Gasteiger partial charge in [0.15, 0.2) is 0 Å². The van der Waals surface area contributed by atoms with E-state index in [2.05, 4.69) is 16.4 Å². The normalized spacial score (nSPS) is 11.2. The summed E-state index contributed by atoms with van der Waals surface area (Å²) in [5, 5.41) is 28.2. The summed E-state index contributed by atoms with van der Waals surface area (Å²) in [6.07, 6.45) is 1.63. The Labute approximate surface area is 170 Å². The largest absolute Gasteiger partial charge is 0.360 e. The maximum absolute atomic E-state index is 11.0. The number of benzene rings is 3. The SMILES string of the molecule is N#CC(=CNc1ccc2ccccc2c1)c1nc(-c2cccc([N+](=O)[O-])c2)cs1. The molecule has 0 bridgehead atoms. The van der Waals surface area contributed by atoms with E-state index in [0.29, 0.717) is 21.8 Å². The second-order valence-corrected chi connectivity index (χ2v) is 7.08. The molecule has 4 rings (SSSR count). The van der Waals surface area contributed by atoms with Crippen LogP contribution in [-0.4, -0.2) is 9.91 Å². The number of anilines is 1. The van der Waals surface area contributed by atoms with Crippen molar-refractivity contribution >= 4 is 39.1 Å². The number of rotatable bonds is 5. The van der Waals surface area contributed by atoms with E-state index in [9.17, 15) is 15.4 Å². The Hall–Kier alpha value is -4.02. The minimum atomic E-state index is -0.440. The van der Waals surface area contributed by atoms with Crippen molar-refractivity contribution in [1.82, 2.24) is 4.98 Å². The topological polar surface area (TPSA) is 91.8 Å². The summed E-state index contributed by atoms with van der Waals surface area (Å²) >= 11 is 1.32. The van der Waals surface area contributed by atoms with Gasteiger partial charge in [-0.05, 0) is 22.9 Å². The number of hydrogen-bond donors (Lipinski definition) is 1. The first-order valence-corrected chi connectivity index (χ1v) is 9.58. The molecule has 140 valence electrons. The third-order valence-corrected chi connectivity index (χ3v) is 5.22. The lowest BCUT2D eigenvalue weighted by atomic mass is 10.1. The fraction of sp³-hybridized carbons (Fsp3) is 0. The molecule has 0 amide bonds. The minimum absolute atomic E-state index is 0.00562. The summed E-state index contributed by atoms with van der Waals surface area (Å²) in [5.74, 6) is 0. The quantitative estimate of drug-likeness (QED) is 0.259. The zero-order valence-corrected chi connectivity index (χ0v) is 15.9. The standard InChI is InChI=1S/C22H14N4O2S/c23-12-18(13-24-19-9-8-15-4-1-2-5-16(15)10-19)22-25-21(14-29-22)17-6-3-7-20(11-17)26(27)28/h1-11,13-14,24H. The molecule has 0 spiro atoms. The molecule has 1 aromatic heterocycles. The zero-order valence-electron chi connectivity index (χ0n) is 15.1. The van der Waals surface area contributed by atoms with Gasteiger partial charge < -0.3 is 5.32 Å². The average molecular weight is 398 g/mol. The van der Waals surface area contributed by atoms with Crippen molar-refractivity contribution in [3.8, 4) is 17.3 Å². The highest BCUT2D eigenvalue weighted by Crippen LogP contribution is 2.28. The smallest absolute Gasteiger partial charge is 0.270 e. The molecule has 1 heterocycles. The van der Waals surface area contributed by atoms with E-state index in [1.165, 1.54) is 23.5 Å². The second-order valence-electron chi connectivity index (χ2n) is 6.22. The number of hydrogen-bond acceptors (Lipinski definition) is 6. The van der Waals surface area contributed by atoms with E-state index in [-0.39, 0.29) is 5.69 Å². The van der Waals surface area contributed by atoms with Gasteiger partial charge in [0.1, 0.15) is 16.6 Å². The third kappa shape index (κ3) is 3.98. The first-order chi connectivity index (χ1) is 14.1. The molecule has 7 heteroatoms. The van der Waals surface area contributed by atoms with Crippen LogP contribution in [0.3, 0.4) is 0 Å². The minimum Gasteiger partial charge on any atom is -0.360 e. The number of thiazole rings is 1. The molecule has 1 N–H and O–H groups in total. The lowest BCUT2D eigenvalue weighted by molar-refractivity contribution is -0.384. The Balaban J connectivity index is 1.58. The predicted octanol–water partition coefficient (Wildman–Crippen LogP) is 5.85. The molecule has 0 unspecified atom stereocenters. The monoisotopic (exact) mass is 398 g/mol. The van der Waals surface area contributed by atoms with Crippen LogP contribution < -0.4 is 5.32 Å². The number of nitro groups is 1. The fourth-order valence-corrected chi connectivity index (χ4v) is 3.68. The number of non-ortho nitro benzene ring substituents is 1. The second kappa shape index (κ2) is 7.92. The number of allylic oxidation sites excluding steroid dienone is 1. The highest BCUT2D eigenvalue weighted by atomic mass is 32.1. The molecule has 0 aliphatic carbocycles. The number of fused-ring (bicyclic) bond motifs is 1. The summed E-state index contributed by atoms with van der Waals surface area (Å²) in [6, 6.07) is 22.5. The van der Waals surface area contributed by atoms with Gasteiger partial charge in [-0.3, -0.25) is 10.1 Å². The number of nitro benzene ring substituents is 1. The predicted molar refractivity (Wildman–Crippen MR) is 115 cm³/mol. The molecule has 0 aliphatic rings. The van der Waals surface area contributed by atoms with Gasteiger partial charge >= 0.3 is 0 Å². The van der Waals surface area contributed by atoms with Gasteiger partial charge in [0.05, 0.1) is 10.6 Å². The maximum atomic E-state index is 11.0. The van der Waals surface area contributed by atoms with Gasteiger partial charge in [-0.15, -0.1) is 11.3 Å². The Kier molecular flexibility index (Phi) is 5.01. The van der Waals surface area contributed by atoms with Crippen molar-refractivity contribution in [2.24, 2.45) is 0 Å². The Morgan fingerprint density at radius 2 is 1.93 bits per heavy atom. The first-order valence-electron chi connectivity index (χ1n) is 8.70. The van der Waals surface area contributed by atoms with Gasteiger partial charge in [-0.2, -0.15) is 5.26 Å². The van der Waals surface area contributed by atoms with Crippen molar-refractivity contribution in [1.29, 1.82) is 5.26 Å². The van der Waals surface area contributed by atoms with Crippen LogP contribution in [0, 0.1) is 21.4 Å². The van der Waals surface area contributed by atoms with Crippen molar-refractivity contribution in [2.45, 2.75) is 0 Å². The van der Waals surface area contributed by atoms with Crippen LogP contribution in [0.15, 0.2) is 78.3 Å². The highest BCUT2D eigenvalue weighted by Gasteiger charge is 2.12. The summed E-state index contributed by atoms with van der Waals surface area (Å²) in [5.41, 5.74) is 2.50. The molecule has 0 aliphatic heterocycles. The van der Waals surface area contributed by atoms with Crippen LogP contribution in [0.25, 0.3) is 27.6 Å². The lowest BCUT2D eigenvalue weighted by Gasteiger charge is -2.04. The third-order valence-electron chi connectivity index (χ3n) is 4.34. The van der Waals surface area contributed by atoms with Crippen LogP contribution in [0.1, 0.15) is 5.01 Å². The average Bonchev–Trinajstić information content (AvgIpc) is 3.24. The van der Waals surface area contributed by atoms with Gasteiger partial charge in [0.25, 0.3) is 5.69 Å². The Morgan fingerprint density at radius 3 is 2.72 bits per heavy atom. The lowest BCUT2D eigenvalue weighted by Crippen LogP contribution is -1.91. The van der Waals surface area contributed by atoms with Crippen LogP contribution >= 0.6 is 11.3 Å². The van der Waals surface area contributed by atoms with Gasteiger partial charge in [-0.1, -0.05) is 42.5 Å². The molecule has 3 aromatic carbocycles. The van der Waals surface area contributed by atoms with Crippen molar-refractivity contribution in [3.05, 3.63) is 93.4 Å². The summed E-state index contributed by atoms with van der Waals surface area (Å²) in [7, 11) is 0. The molecule has 29 heavy (non-hydrogen) atoms. The number of nitrogens with one attached hydrogen (secondary N) is 1. The maximum Gasteiger partial charge on any atom is 0.270 e. The van der Waals surface area contributed by atoms with Crippen LogP contribution in [0.5, 0.6) is 0 Å². The summed E-state index contributed by atoms with van der Waals surface area (Å²) in [4.78, 5) is 15.0. The van der Waals surface area contributed by atoms with E-state index < -0.39 is 4.92 Å². The molecule has 0 saturated heterocycles. The Bertz CT molecular complexity index is 1290. The van der Waals surface area contributed by atoms with Crippen LogP contribution in [-0.2, 0) is 0 Å². The molecule has 6 nitrogen and oxygen atoms in total. The van der Waals surface area contributed by atoms with Gasteiger partial charge in [0, 0.05) is 35.0 Å². The molecular weight excluding hydrogens is 384 g/mol. The van der Waals surface area contributed by atoms with Gasteiger partial charge in [0.2, 0.25) is 0 Å². The number of aromatic nitrogens is 1. The van der Waals surface area contributed by atoms with E-state index >= 15 is 0 Å². The summed E-state index contributed by atoms with van der Waals surface area (Å²) < 4.78 is 0. The highest BCUT2D eigenvalue weighted by molar-refractivity contribution is 7.11. The number of nitrogens with zero attached hydrogens (tertiary/aromatic N) is 3.